The van der Waals surface area contributed by atoms with Crippen LogP contribution in [0.15, 0.2) is 41.4 Å². The maximum Gasteiger partial charge on any atom is 0.216 e. The van der Waals surface area contributed by atoms with Crippen LogP contribution in [0.4, 0.5) is 0 Å². The van der Waals surface area contributed by atoms with Gasteiger partial charge in [0.25, 0.3) is 0 Å². The highest BCUT2D eigenvalue weighted by Crippen LogP contribution is 2.22. The molecule has 0 bridgehead atoms. The van der Waals surface area contributed by atoms with Crippen molar-refractivity contribution < 1.29 is 9.84 Å². The lowest BCUT2D eigenvalue weighted by Crippen LogP contribution is -2.14. The summed E-state index contributed by atoms with van der Waals surface area (Å²) in [7, 11) is 0. The van der Waals surface area contributed by atoms with Crippen molar-refractivity contribution >= 4 is 16.7 Å². The van der Waals surface area contributed by atoms with Crippen LogP contribution in [0.5, 0.6) is 5.75 Å². The molecule has 86 valence electrons. The Hall–Kier alpha value is -2.03. The first-order valence-corrected chi connectivity index (χ1v) is 5.73. The van der Waals surface area contributed by atoms with Crippen molar-refractivity contribution in [2.45, 2.75) is 6.42 Å². The first-order chi connectivity index (χ1) is 8.33. The van der Waals surface area contributed by atoms with Crippen molar-refractivity contribution in [3.8, 4) is 5.75 Å². The maximum absolute atomic E-state index is 9.40. The minimum absolute atomic E-state index is 0.288. The van der Waals surface area contributed by atoms with Gasteiger partial charge in [0.05, 0.1) is 6.61 Å². The molecule has 0 fully saturated rings. The molecule has 1 aliphatic heterocycles. The van der Waals surface area contributed by atoms with Crippen LogP contribution in [0.25, 0.3) is 10.8 Å². The van der Waals surface area contributed by atoms with E-state index in [1.807, 2.05) is 24.3 Å². The van der Waals surface area contributed by atoms with Gasteiger partial charge in [-0.25, -0.2) is 0 Å². The fraction of sp³-hybridized carbons (Fsp3) is 0.214. The lowest BCUT2D eigenvalue weighted by Gasteiger charge is -2.14. The second kappa shape index (κ2) is 4.09. The molecule has 3 rings (SSSR count). The van der Waals surface area contributed by atoms with E-state index in [0.29, 0.717) is 0 Å². The van der Waals surface area contributed by atoms with Gasteiger partial charge >= 0.3 is 0 Å². The number of hydrogen-bond acceptors (Lipinski definition) is 3. The number of phenolic OH excluding ortho intramolecular Hbond substituents is 1. The number of aromatic hydroxyl groups is 1. The van der Waals surface area contributed by atoms with E-state index in [9.17, 15) is 5.11 Å². The molecule has 0 atom stereocenters. The molecule has 3 heteroatoms. The fourth-order valence-electron chi connectivity index (χ4n) is 2.00. The number of rotatable bonds is 1. The first kappa shape index (κ1) is 10.1. The van der Waals surface area contributed by atoms with Crippen LogP contribution in [0.1, 0.15) is 12.0 Å². The van der Waals surface area contributed by atoms with E-state index in [4.69, 9.17) is 4.74 Å². The summed E-state index contributed by atoms with van der Waals surface area (Å²) in [4.78, 5) is 4.37. The van der Waals surface area contributed by atoms with Crippen molar-refractivity contribution in [2.75, 3.05) is 13.2 Å². The minimum Gasteiger partial charge on any atom is -0.508 e. The van der Waals surface area contributed by atoms with E-state index >= 15 is 0 Å². The Kier molecular flexibility index (Phi) is 2.44. The Balaban J connectivity index is 2.07. The molecule has 0 unspecified atom stereocenters. The van der Waals surface area contributed by atoms with Crippen LogP contribution in [-0.4, -0.2) is 24.2 Å². The van der Waals surface area contributed by atoms with Gasteiger partial charge in [-0.3, -0.25) is 4.99 Å². The summed E-state index contributed by atoms with van der Waals surface area (Å²) in [6.45, 7) is 1.58. The smallest absolute Gasteiger partial charge is 0.216 e. The predicted octanol–water partition coefficient (Wildman–Crippen LogP) is 2.71. The molecule has 0 saturated heterocycles. The van der Waals surface area contributed by atoms with Crippen LogP contribution < -0.4 is 0 Å². The first-order valence-electron chi connectivity index (χ1n) is 5.73. The average molecular weight is 227 g/mol. The minimum atomic E-state index is 0.288. The summed E-state index contributed by atoms with van der Waals surface area (Å²) in [5.74, 6) is 1.02. The topological polar surface area (TPSA) is 41.8 Å². The van der Waals surface area contributed by atoms with Gasteiger partial charge in [-0.2, -0.15) is 0 Å². The molecule has 17 heavy (non-hydrogen) atoms. The molecule has 0 radical (unpaired) electrons. The van der Waals surface area contributed by atoms with Gasteiger partial charge in [0.15, 0.2) is 0 Å². The number of ether oxygens (including phenoxy) is 1. The van der Waals surface area contributed by atoms with Gasteiger partial charge in [0, 0.05) is 18.5 Å². The molecule has 2 aromatic carbocycles. The highest BCUT2D eigenvalue weighted by molar-refractivity contribution is 5.98. The molecule has 0 aliphatic carbocycles. The highest BCUT2D eigenvalue weighted by Gasteiger charge is 2.09. The van der Waals surface area contributed by atoms with E-state index < -0.39 is 0 Å². The SMILES string of the molecule is Oc1ccc2cc(C3=NCCCO3)ccc2c1. The number of aliphatic imine (C=N–C) groups is 1. The van der Waals surface area contributed by atoms with Crippen molar-refractivity contribution in [3.63, 3.8) is 0 Å². The molecule has 2 aromatic rings. The number of phenols is 1. The Morgan fingerprint density at radius 1 is 1.06 bits per heavy atom. The Morgan fingerprint density at radius 3 is 2.71 bits per heavy atom. The normalized spacial score (nSPS) is 15.4. The second-order valence-electron chi connectivity index (χ2n) is 4.14. The highest BCUT2D eigenvalue weighted by atomic mass is 16.5. The van der Waals surface area contributed by atoms with E-state index in [2.05, 4.69) is 4.99 Å². The van der Waals surface area contributed by atoms with E-state index in [-0.39, 0.29) is 5.75 Å². The van der Waals surface area contributed by atoms with E-state index in [0.717, 1.165) is 41.8 Å². The summed E-state index contributed by atoms with van der Waals surface area (Å²) in [5.41, 5.74) is 1.00. The summed E-state index contributed by atoms with van der Waals surface area (Å²) in [5, 5.41) is 11.5. The van der Waals surface area contributed by atoms with Crippen LogP contribution in [0.2, 0.25) is 0 Å². The number of hydrogen-bond donors (Lipinski definition) is 1. The quantitative estimate of drug-likeness (QED) is 0.813. The van der Waals surface area contributed by atoms with Gasteiger partial charge in [0.2, 0.25) is 5.90 Å². The number of fused-ring (bicyclic) bond motifs is 1. The Labute approximate surface area is 99.4 Å². The molecule has 3 nitrogen and oxygen atoms in total. The summed E-state index contributed by atoms with van der Waals surface area (Å²) in [6, 6.07) is 11.3. The number of nitrogens with zero attached hydrogens (tertiary/aromatic N) is 1. The summed E-state index contributed by atoms with van der Waals surface area (Å²) < 4.78 is 5.54. The Morgan fingerprint density at radius 2 is 1.88 bits per heavy atom. The predicted molar refractivity (Wildman–Crippen MR) is 67.6 cm³/mol. The third-order valence-electron chi connectivity index (χ3n) is 2.87. The average Bonchev–Trinajstić information content (AvgIpc) is 2.39. The fourth-order valence-corrected chi connectivity index (χ4v) is 2.00. The molecule has 0 saturated carbocycles. The summed E-state index contributed by atoms with van der Waals surface area (Å²) in [6.07, 6.45) is 0.991. The molecule has 1 heterocycles. The zero-order valence-corrected chi connectivity index (χ0v) is 9.39. The van der Waals surface area contributed by atoms with Crippen molar-refractivity contribution in [2.24, 2.45) is 4.99 Å². The van der Waals surface area contributed by atoms with Crippen LogP contribution >= 0.6 is 0 Å². The lowest BCUT2D eigenvalue weighted by molar-refractivity contribution is 0.284. The largest absolute Gasteiger partial charge is 0.508 e. The van der Waals surface area contributed by atoms with Crippen molar-refractivity contribution in [1.29, 1.82) is 0 Å². The molecule has 0 spiro atoms. The van der Waals surface area contributed by atoms with Crippen LogP contribution in [0, 0.1) is 0 Å². The Bertz CT molecular complexity index is 590. The van der Waals surface area contributed by atoms with Crippen LogP contribution in [-0.2, 0) is 4.74 Å². The molecule has 0 amide bonds. The van der Waals surface area contributed by atoms with E-state index in [1.165, 1.54) is 0 Å². The van der Waals surface area contributed by atoms with Gasteiger partial charge < -0.3 is 9.84 Å². The van der Waals surface area contributed by atoms with E-state index in [1.54, 1.807) is 12.1 Å². The molecule has 1 aliphatic rings. The third kappa shape index (κ3) is 1.96. The van der Waals surface area contributed by atoms with Gasteiger partial charge in [-0.1, -0.05) is 12.1 Å². The molecule has 1 N–H and O–H groups in total. The van der Waals surface area contributed by atoms with Gasteiger partial charge in [-0.15, -0.1) is 0 Å². The zero-order valence-electron chi connectivity index (χ0n) is 9.39. The monoisotopic (exact) mass is 227 g/mol. The molecular weight excluding hydrogens is 214 g/mol. The van der Waals surface area contributed by atoms with Crippen molar-refractivity contribution in [1.82, 2.24) is 0 Å². The maximum atomic E-state index is 9.40. The zero-order chi connectivity index (χ0) is 11.7. The number of benzene rings is 2. The molecule has 0 aromatic heterocycles. The van der Waals surface area contributed by atoms with Gasteiger partial charge in [-0.05, 0) is 35.0 Å². The summed E-state index contributed by atoms with van der Waals surface area (Å²) >= 11 is 0. The van der Waals surface area contributed by atoms with Crippen molar-refractivity contribution in [3.05, 3.63) is 42.0 Å². The lowest BCUT2D eigenvalue weighted by atomic mass is 10.1. The second-order valence-corrected chi connectivity index (χ2v) is 4.14. The van der Waals surface area contributed by atoms with Crippen LogP contribution in [0.3, 0.4) is 0 Å². The third-order valence-corrected chi connectivity index (χ3v) is 2.87. The molecular formula is C14H13NO2. The standard InChI is InChI=1S/C14H13NO2/c16-13-5-4-10-8-12(3-2-11(10)9-13)14-15-6-1-7-17-14/h2-5,8-9,16H,1,6-7H2. The van der Waals surface area contributed by atoms with Gasteiger partial charge in [0.1, 0.15) is 5.75 Å².